The van der Waals surface area contributed by atoms with Crippen molar-refractivity contribution in [3.8, 4) is 142 Å². The van der Waals surface area contributed by atoms with Gasteiger partial charge in [0.2, 0.25) is 0 Å². The number of hydrogen-bond acceptors (Lipinski definition) is 3. The molecule has 0 aromatic heterocycles. The Labute approximate surface area is 886 Å². The van der Waals surface area contributed by atoms with Crippen LogP contribution in [0.5, 0.6) is 0 Å². The first-order valence-corrected chi connectivity index (χ1v) is 65.0. The minimum atomic E-state index is -4.67. The van der Waals surface area contributed by atoms with E-state index in [-0.39, 0.29) is 24.3 Å². The van der Waals surface area contributed by atoms with Crippen LogP contribution in [0.4, 0.5) is 119 Å². The van der Waals surface area contributed by atoms with Crippen molar-refractivity contribution in [3.05, 3.63) is 258 Å². The summed E-state index contributed by atoms with van der Waals surface area (Å²) in [5.41, 5.74) is -2.49. The summed E-state index contributed by atoms with van der Waals surface area (Å²) in [5, 5.41) is 0. The van der Waals surface area contributed by atoms with Crippen molar-refractivity contribution in [2.24, 2.45) is 0 Å². The van der Waals surface area contributed by atoms with Crippen molar-refractivity contribution in [2.45, 2.75) is 111 Å². The molecule has 0 atom stereocenters. The number of rotatable bonds is 4. The zero-order chi connectivity index (χ0) is 106. The molecule has 0 bridgehead atoms. The van der Waals surface area contributed by atoms with Gasteiger partial charge in [-0.15, -0.1) is 34.1 Å². The average molecular weight is 2940 g/mol. The molecule has 46 heteroatoms. The van der Waals surface area contributed by atoms with Crippen LogP contribution >= 0.6 is 181 Å². The summed E-state index contributed by atoms with van der Waals surface area (Å²) < 4.78 is 426. The molecule has 5 nitrogen and oxygen atoms in total. The summed E-state index contributed by atoms with van der Waals surface area (Å²) in [4.78, 5) is 0. The molecule has 0 amide bonds. The summed E-state index contributed by atoms with van der Waals surface area (Å²) in [7, 11) is -14.6. The van der Waals surface area contributed by atoms with E-state index in [1.54, 1.807) is 0 Å². The van der Waals surface area contributed by atoms with Crippen molar-refractivity contribution in [1.29, 1.82) is 0 Å². The zero-order valence-corrected chi connectivity index (χ0v) is 95.8. The first-order valence-electron chi connectivity index (χ1n) is 37.5. The van der Waals surface area contributed by atoms with Crippen molar-refractivity contribution >= 4 is 231 Å². The lowest BCUT2D eigenvalue weighted by molar-refractivity contribution is 0.198. The fourth-order valence-corrected chi connectivity index (χ4v) is 16.1. The van der Waals surface area contributed by atoms with Crippen LogP contribution in [0, 0.1) is 269 Å². The molecular formula is C91H63F27I8O5SSi5. The van der Waals surface area contributed by atoms with Crippen LogP contribution in [0.2, 0.25) is 98.2 Å². The molecule has 2 N–H and O–H groups in total. The first-order chi connectivity index (χ1) is 62.8. The maximum absolute atomic E-state index is 16.1. The summed E-state index contributed by atoms with van der Waals surface area (Å²) in [5.74, 6) is -19.7. The lowest BCUT2D eigenvalue weighted by Gasteiger charge is -2.16. The van der Waals surface area contributed by atoms with Crippen LogP contribution < -0.4 is 0 Å². The van der Waals surface area contributed by atoms with Crippen LogP contribution in [-0.4, -0.2) is 71.1 Å². The van der Waals surface area contributed by atoms with Gasteiger partial charge in [0, 0.05) is 146 Å². The molecule has 137 heavy (non-hydrogen) atoms. The summed E-state index contributed by atoms with van der Waals surface area (Å²) in [6, 6.07) is 2.96. The van der Waals surface area contributed by atoms with E-state index in [1.807, 2.05) is 78.6 Å². The Kier molecular flexibility index (Phi) is 49.3. The highest BCUT2D eigenvalue weighted by Crippen LogP contribution is 2.44. The molecule has 1 aliphatic heterocycles. The lowest BCUT2D eigenvalue weighted by Crippen LogP contribution is -2.18. The largest absolute Gasteiger partial charge is 0.394 e. The Balaban J connectivity index is 0.000000444. The van der Waals surface area contributed by atoms with Crippen LogP contribution in [0.3, 0.4) is 0 Å². The fourth-order valence-electron chi connectivity index (χ4n) is 9.84. The van der Waals surface area contributed by atoms with Crippen LogP contribution in [0.1, 0.15) is 57.3 Å². The molecule has 9 aromatic rings. The second-order valence-corrected chi connectivity index (χ2v) is 63.4. The van der Waals surface area contributed by atoms with Crippen LogP contribution in [-0.2, 0) is 15.1 Å². The van der Waals surface area contributed by atoms with E-state index in [4.69, 9.17) is 28.7 Å². The predicted octanol–water partition coefficient (Wildman–Crippen LogP) is 30.8. The molecule has 0 radical (unpaired) electrons. The Morgan fingerprint density at radius 2 is 0.416 bits per heavy atom. The summed E-state index contributed by atoms with van der Waals surface area (Å²) in [6.07, 6.45) is 7.67. The van der Waals surface area contributed by atoms with Gasteiger partial charge in [-0.2, -0.15) is 8.42 Å². The van der Waals surface area contributed by atoms with E-state index in [0.29, 0.717) is 18.2 Å². The van der Waals surface area contributed by atoms with Crippen molar-refractivity contribution in [3.63, 3.8) is 0 Å². The predicted molar refractivity (Wildman–Crippen MR) is 555 cm³/mol. The molecule has 1 fully saturated rings. The molecule has 728 valence electrons. The second kappa shape index (κ2) is 54.0. The molecule has 0 aliphatic carbocycles. The summed E-state index contributed by atoms with van der Waals surface area (Å²) >= 11 is 11.0. The summed E-state index contributed by atoms with van der Waals surface area (Å²) in [6.45, 7) is 30.4. The minimum absolute atomic E-state index is 0.278. The van der Waals surface area contributed by atoms with E-state index >= 15 is 43.9 Å². The Morgan fingerprint density at radius 1 is 0.263 bits per heavy atom. The third-order valence-corrected chi connectivity index (χ3v) is 25.0. The molecule has 1 saturated heterocycles. The SMILES string of the molecule is C#C[Si](C)(C)C.C1CCOC1.C[Si](C)(C)C#Cc1c(F)c(C#C[Si](C)(C)C)c(F)c(-c2c(F)c(C#C[Si](C)(C)C)c(F)c(C#C[Si](C)(C)C)c2F)c1F.Fc1c(C#CI)c(F)c(-c2c(F)c(C#CI)c(F)c(C#CI)c2F)c(F)c1C#CI.Fc1c(I)c(F)c(-c2c(F)c(I)c(F)c(I)c2F)c(F)c1I.Fc1cc(F)c(-c2c(F)cc(F)cc2F)c(F)c1.Fc1cc(F)cc(F)c1.O=S(=O)(O)O. The molecule has 1 heterocycles. The minimum Gasteiger partial charge on any atom is -0.381 e. The molecule has 0 spiro atoms. The number of halogens is 35. The smallest absolute Gasteiger partial charge is 0.381 e. The maximum Gasteiger partial charge on any atom is 0.394 e. The van der Waals surface area contributed by atoms with Gasteiger partial charge < -0.3 is 4.74 Å². The van der Waals surface area contributed by atoms with Crippen LogP contribution in [0.15, 0.2) is 42.5 Å². The van der Waals surface area contributed by atoms with E-state index in [1.165, 1.54) is 194 Å². The number of ether oxygens (including phenoxy) is 1. The average Bonchev–Trinajstić information content (AvgIpc) is 0.763. The van der Waals surface area contributed by atoms with Gasteiger partial charge in [0.25, 0.3) is 0 Å². The van der Waals surface area contributed by atoms with Crippen molar-refractivity contribution in [2.75, 3.05) is 13.2 Å². The van der Waals surface area contributed by atoms with Gasteiger partial charge in [-0.3, -0.25) is 9.11 Å². The third kappa shape index (κ3) is 36.3. The Bertz CT molecular complexity index is 6200. The monoisotopic (exact) mass is 2940 g/mol. The number of benzene rings is 9. The maximum atomic E-state index is 16.1. The molecule has 10 rings (SSSR count). The number of hydrogen-bond donors (Lipinski definition) is 2. The third-order valence-electron chi connectivity index (χ3n) is 15.7. The van der Waals surface area contributed by atoms with Crippen molar-refractivity contribution < 1.29 is 141 Å². The highest BCUT2D eigenvalue weighted by Gasteiger charge is 2.37. The molecule has 9 aromatic carbocycles. The van der Waals surface area contributed by atoms with Gasteiger partial charge in [-0.1, -0.05) is 122 Å². The van der Waals surface area contributed by atoms with E-state index < -0.39 is 311 Å². The normalized spacial score (nSPS) is 11.2. The van der Waals surface area contributed by atoms with Crippen molar-refractivity contribution in [1.82, 2.24) is 0 Å². The quantitative estimate of drug-likeness (QED) is 0.0349. The van der Waals surface area contributed by atoms with Crippen LogP contribution in [0.25, 0.3) is 44.5 Å². The van der Waals surface area contributed by atoms with Gasteiger partial charge in [0.05, 0.1) is 103 Å². The number of terminal acetylenes is 1. The molecular weight excluding hydrogens is 2870 g/mol. The Morgan fingerprint density at radius 3 is 0.555 bits per heavy atom. The highest BCUT2D eigenvalue weighted by molar-refractivity contribution is 14.1. The Hall–Kier alpha value is -6.12. The topological polar surface area (TPSA) is 83.8 Å². The standard InChI is InChI=1S/C32H36F6Si4.C20F6I4.C12F6I4.C12H4F6.C6H3F3.C5H10Si.C4H8O.H2O4S/c1-39(2,3)17-13-21-27(33)22(14-18-40(4,5)6)30(36)25(29(21)35)26-31(37)23(15-19-41(7,8)9)28(34)24(32(26)38)16-20-42(10,11)12;21-15-9(1-5-27)17(23)13(18(24)10(15)2-6-28)14-19(25)11(3-7-29)16(22)12(4-8-30)20(14)26;13-3-1(4(14)10(20)7(17)9(3)19)2-5(15)11(21)8(18)12(22)6(2)16;13-5-1-7(15)11(8(16)2-5)12-9(17)3-6(14)4-10(12)18;7-4-1-5(8)3-6(9)2-4;1-5-6(2,3)4;1-2-4-5-3-1;1-5(2,3)4/h1-12H3;;;1-4H;1-3H;1H,2-4H3;1-4H2;(H2,1,2,3,4). The lowest BCUT2D eigenvalue weighted by atomic mass is 9.93. The van der Waals surface area contributed by atoms with E-state index in [9.17, 15) is 74.6 Å². The van der Waals surface area contributed by atoms with Gasteiger partial charge in [-0.25, -0.2) is 119 Å². The zero-order valence-electron chi connectivity index (χ0n) is 72.7. The highest BCUT2D eigenvalue weighted by atomic mass is 127. The molecule has 1 aliphatic rings. The van der Waals surface area contributed by atoms with Gasteiger partial charge >= 0.3 is 10.4 Å². The van der Waals surface area contributed by atoms with Gasteiger partial charge in [-0.05, 0) is 143 Å². The molecule has 0 saturated carbocycles. The van der Waals surface area contributed by atoms with E-state index in [2.05, 4.69) is 110 Å². The second-order valence-electron chi connectivity index (χ2n) is 32.3. The van der Waals surface area contributed by atoms with Gasteiger partial charge in [0.1, 0.15) is 92.7 Å². The molecule has 0 unspecified atom stereocenters. The van der Waals surface area contributed by atoms with E-state index in [0.717, 1.165) is 13.2 Å². The van der Waals surface area contributed by atoms with Gasteiger partial charge in [0.15, 0.2) is 105 Å². The first kappa shape index (κ1) is 125. The fraction of sp³-hybridized carbons (Fsp3) is 0.209.